The first-order chi connectivity index (χ1) is 14.1. The third-order valence-electron chi connectivity index (χ3n) is 5.34. The van der Waals surface area contributed by atoms with E-state index in [-0.39, 0.29) is 12.4 Å². The maximum absolute atomic E-state index is 13.9. The lowest BCUT2D eigenvalue weighted by Gasteiger charge is -2.32. The summed E-state index contributed by atoms with van der Waals surface area (Å²) in [6, 6.07) is 6.61. The Morgan fingerprint density at radius 2 is 2.10 bits per heavy atom. The summed E-state index contributed by atoms with van der Waals surface area (Å²) in [5.41, 5.74) is 1.74. The number of β-amino-alcohol motifs (C(OH)–C–C–N with tert-alkyl or cyclic N) is 1. The second-order valence-electron chi connectivity index (χ2n) is 7.53. The molecule has 2 aromatic heterocycles. The Hall–Kier alpha value is -2.29. The molecule has 1 N–H and O–H groups in total. The van der Waals surface area contributed by atoms with Crippen LogP contribution in [0.4, 0.5) is 4.39 Å². The lowest BCUT2D eigenvalue weighted by atomic mass is 9.96. The SMILES string of the molecule is Cn1cnnc1C1CCN(CC(O)COc2cc(F)cc(-c3ccsc3)c2)CC1. The average molecular weight is 417 g/mol. The van der Waals surface area contributed by atoms with E-state index in [1.165, 1.54) is 12.1 Å². The van der Waals surface area contributed by atoms with Gasteiger partial charge in [0.25, 0.3) is 0 Å². The van der Waals surface area contributed by atoms with Crippen molar-refractivity contribution in [2.75, 3.05) is 26.2 Å². The molecule has 0 amide bonds. The smallest absolute Gasteiger partial charge is 0.135 e. The molecule has 29 heavy (non-hydrogen) atoms. The number of nitrogens with zero attached hydrogens (tertiary/aromatic N) is 4. The van der Waals surface area contributed by atoms with Crippen LogP contribution < -0.4 is 4.74 Å². The number of aromatic nitrogens is 3. The first-order valence-corrected chi connectivity index (χ1v) is 10.7. The van der Waals surface area contributed by atoms with Gasteiger partial charge in [-0.05, 0) is 66.0 Å². The maximum Gasteiger partial charge on any atom is 0.135 e. The highest BCUT2D eigenvalue weighted by atomic mass is 32.1. The zero-order valence-electron chi connectivity index (χ0n) is 16.4. The van der Waals surface area contributed by atoms with E-state index in [2.05, 4.69) is 15.1 Å². The highest BCUT2D eigenvalue weighted by molar-refractivity contribution is 7.08. The van der Waals surface area contributed by atoms with Crippen LogP contribution in [0, 0.1) is 5.82 Å². The summed E-state index contributed by atoms with van der Waals surface area (Å²) in [7, 11) is 1.97. The Labute approximate surface area is 173 Å². The number of hydrogen-bond donors (Lipinski definition) is 1. The lowest BCUT2D eigenvalue weighted by Crippen LogP contribution is -2.40. The predicted octanol–water partition coefficient (Wildman–Crippen LogP) is 3.30. The molecule has 6 nitrogen and oxygen atoms in total. The van der Waals surface area contributed by atoms with Crippen LogP contribution in [0.3, 0.4) is 0 Å². The zero-order valence-corrected chi connectivity index (χ0v) is 17.2. The summed E-state index contributed by atoms with van der Waals surface area (Å²) in [5.74, 6) is 1.53. The van der Waals surface area contributed by atoms with Gasteiger partial charge in [-0.1, -0.05) is 0 Å². The molecule has 0 radical (unpaired) electrons. The van der Waals surface area contributed by atoms with E-state index in [1.807, 2.05) is 34.5 Å². The molecular formula is C21H25FN4O2S. The number of ether oxygens (including phenoxy) is 1. The van der Waals surface area contributed by atoms with Crippen LogP contribution in [0.1, 0.15) is 24.6 Å². The van der Waals surface area contributed by atoms with E-state index in [1.54, 1.807) is 17.7 Å². The van der Waals surface area contributed by atoms with Gasteiger partial charge < -0.3 is 19.3 Å². The van der Waals surface area contributed by atoms with Crippen molar-refractivity contribution in [3.05, 3.63) is 53.0 Å². The van der Waals surface area contributed by atoms with Gasteiger partial charge in [-0.3, -0.25) is 0 Å². The Kier molecular flexibility index (Phi) is 6.22. The molecule has 1 aromatic carbocycles. The summed E-state index contributed by atoms with van der Waals surface area (Å²) in [5, 5.41) is 22.5. The first-order valence-electron chi connectivity index (χ1n) is 9.79. The number of likely N-dealkylation sites (tertiary alicyclic amines) is 1. The van der Waals surface area contributed by atoms with Crippen molar-refractivity contribution in [2.24, 2.45) is 7.05 Å². The van der Waals surface area contributed by atoms with Crippen LogP contribution in [-0.2, 0) is 7.05 Å². The molecule has 154 valence electrons. The average Bonchev–Trinajstić information content (AvgIpc) is 3.39. The van der Waals surface area contributed by atoms with Crippen molar-refractivity contribution >= 4 is 11.3 Å². The summed E-state index contributed by atoms with van der Waals surface area (Å²) in [6.07, 6.45) is 3.09. The van der Waals surface area contributed by atoms with Crippen LogP contribution in [0.5, 0.6) is 5.75 Å². The van der Waals surface area contributed by atoms with Crippen molar-refractivity contribution < 1.29 is 14.2 Å². The Morgan fingerprint density at radius 1 is 1.28 bits per heavy atom. The van der Waals surface area contributed by atoms with E-state index in [0.717, 1.165) is 42.9 Å². The van der Waals surface area contributed by atoms with Gasteiger partial charge in [0.2, 0.25) is 0 Å². The minimum atomic E-state index is -0.630. The molecular weight excluding hydrogens is 391 g/mol. The molecule has 1 aliphatic rings. The summed E-state index contributed by atoms with van der Waals surface area (Å²) < 4.78 is 21.6. The predicted molar refractivity (Wildman–Crippen MR) is 111 cm³/mol. The molecule has 0 spiro atoms. The van der Waals surface area contributed by atoms with Gasteiger partial charge in [-0.15, -0.1) is 10.2 Å². The van der Waals surface area contributed by atoms with Crippen molar-refractivity contribution in [1.29, 1.82) is 0 Å². The van der Waals surface area contributed by atoms with Gasteiger partial charge in [-0.25, -0.2) is 4.39 Å². The third-order valence-corrected chi connectivity index (χ3v) is 6.02. The Morgan fingerprint density at radius 3 is 2.79 bits per heavy atom. The Bertz CT molecular complexity index is 923. The minimum absolute atomic E-state index is 0.135. The number of aryl methyl sites for hydroxylation is 1. The second-order valence-corrected chi connectivity index (χ2v) is 8.31. The number of hydrogen-bond acceptors (Lipinski definition) is 6. The quantitative estimate of drug-likeness (QED) is 0.640. The topological polar surface area (TPSA) is 63.4 Å². The highest BCUT2D eigenvalue weighted by Crippen LogP contribution is 2.28. The van der Waals surface area contributed by atoms with Crippen LogP contribution >= 0.6 is 11.3 Å². The van der Waals surface area contributed by atoms with E-state index in [4.69, 9.17) is 4.74 Å². The van der Waals surface area contributed by atoms with Gasteiger partial charge in [0.05, 0.1) is 0 Å². The van der Waals surface area contributed by atoms with Crippen LogP contribution in [0.2, 0.25) is 0 Å². The van der Waals surface area contributed by atoms with Crippen molar-refractivity contribution in [3.63, 3.8) is 0 Å². The molecule has 4 rings (SSSR count). The van der Waals surface area contributed by atoms with E-state index in [9.17, 15) is 9.50 Å². The van der Waals surface area contributed by atoms with Crippen molar-refractivity contribution in [1.82, 2.24) is 19.7 Å². The van der Waals surface area contributed by atoms with E-state index >= 15 is 0 Å². The largest absolute Gasteiger partial charge is 0.491 e. The van der Waals surface area contributed by atoms with Gasteiger partial charge in [0.1, 0.15) is 36.4 Å². The molecule has 1 fully saturated rings. The number of rotatable bonds is 7. The molecule has 0 bridgehead atoms. The van der Waals surface area contributed by atoms with Gasteiger partial charge in [-0.2, -0.15) is 11.3 Å². The molecule has 1 unspecified atom stereocenters. The number of benzene rings is 1. The van der Waals surface area contributed by atoms with E-state index < -0.39 is 6.10 Å². The Balaban J connectivity index is 1.27. The molecule has 1 atom stereocenters. The number of thiophene rings is 1. The lowest BCUT2D eigenvalue weighted by molar-refractivity contribution is 0.0588. The molecule has 8 heteroatoms. The molecule has 1 aliphatic heterocycles. The fourth-order valence-corrected chi connectivity index (χ4v) is 4.49. The van der Waals surface area contributed by atoms with Gasteiger partial charge >= 0.3 is 0 Å². The summed E-state index contributed by atoms with van der Waals surface area (Å²) in [6.45, 7) is 2.47. The second kappa shape index (κ2) is 9.02. The van der Waals surface area contributed by atoms with Crippen molar-refractivity contribution in [2.45, 2.75) is 24.9 Å². The van der Waals surface area contributed by atoms with Gasteiger partial charge in [0.15, 0.2) is 0 Å². The number of halogens is 1. The maximum atomic E-state index is 13.9. The fraction of sp³-hybridized carbons (Fsp3) is 0.429. The molecule has 0 aliphatic carbocycles. The number of piperidine rings is 1. The van der Waals surface area contributed by atoms with Crippen molar-refractivity contribution in [3.8, 4) is 16.9 Å². The minimum Gasteiger partial charge on any atom is -0.491 e. The molecule has 1 saturated heterocycles. The molecule has 3 heterocycles. The summed E-state index contributed by atoms with van der Waals surface area (Å²) in [4.78, 5) is 2.24. The van der Waals surface area contributed by atoms with Crippen LogP contribution in [0.25, 0.3) is 11.1 Å². The molecule has 0 saturated carbocycles. The van der Waals surface area contributed by atoms with E-state index in [0.29, 0.717) is 18.2 Å². The standard InChI is InChI=1S/C21H25FN4O2S/c1-25-14-23-24-21(25)15-2-5-26(6-3-15)11-19(27)12-28-20-9-17(8-18(22)10-20)16-4-7-29-13-16/h4,7-10,13-15,19,27H,2-3,5-6,11-12H2,1H3. The highest BCUT2D eigenvalue weighted by Gasteiger charge is 2.25. The van der Waals surface area contributed by atoms with Crippen LogP contribution in [-0.4, -0.2) is 57.1 Å². The first kappa shape index (κ1) is 20.0. The zero-order chi connectivity index (χ0) is 20.2. The normalized spacial score (nSPS) is 16.8. The third kappa shape index (κ3) is 5.01. The number of aliphatic hydroxyl groups is 1. The molecule has 3 aromatic rings. The summed E-state index contributed by atoms with van der Waals surface area (Å²) >= 11 is 1.57. The monoisotopic (exact) mass is 416 g/mol. The van der Waals surface area contributed by atoms with Gasteiger partial charge in [0, 0.05) is 25.6 Å². The fourth-order valence-electron chi connectivity index (χ4n) is 3.82. The van der Waals surface area contributed by atoms with Crippen LogP contribution in [0.15, 0.2) is 41.4 Å². The number of aliphatic hydroxyl groups excluding tert-OH is 1.